The van der Waals surface area contributed by atoms with Gasteiger partial charge in [0.25, 0.3) is 0 Å². The molecule has 0 saturated carbocycles. The van der Waals surface area contributed by atoms with Gasteiger partial charge in [-0.2, -0.15) is 0 Å². The maximum Gasteiger partial charge on any atom is 0.153 e. The summed E-state index contributed by atoms with van der Waals surface area (Å²) in [7, 11) is 2.20. The van der Waals surface area contributed by atoms with E-state index in [1.807, 2.05) is 0 Å². The Morgan fingerprint density at radius 2 is 2.03 bits per heavy atom. The van der Waals surface area contributed by atoms with Crippen LogP contribution in [0.2, 0.25) is 0 Å². The fraction of sp³-hybridized carbons (Fsp3) is 0.520. The summed E-state index contributed by atoms with van der Waals surface area (Å²) in [6.07, 6.45) is 4.80. The molecule has 0 radical (unpaired) electrons. The third kappa shape index (κ3) is 4.74. The zero-order valence-corrected chi connectivity index (χ0v) is 19.8. The Kier molecular flexibility index (Phi) is 6.96. The molecule has 7 nitrogen and oxygen atoms in total. The monoisotopic (exact) mass is 436 g/mol. The minimum absolute atomic E-state index is 0.162. The first-order valence-electron chi connectivity index (χ1n) is 11.7. The van der Waals surface area contributed by atoms with Crippen LogP contribution in [0.1, 0.15) is 44.5 Å². The first-order chi connectivity index (χ1) is 15.5. The highest BCUT2D eigenvalue weighted by Crippen LogP contribution is 2.36. The van der Waals surface area contributed by atoms with Crippen LogP contribution < -0.4 is 10.1 Å². The van der Waals surface area contributed by atoms with E-state index in [1.165, 1.54) is 5.56 Å². The molecule has 1 unspecified atom stereocenters. The van der Waals surface area contributed by atoms with Gasteiger partial charge < -0.3 is 19.5 Å². The molecule has 0 aliphatic carbocycles. The molecule has 1 saturated heterocycles. The van der Waals surface area contributed by atoms with Gasteiger partial charge in [-0.05, 0) is 51.2 Å². The number of nitrogens with zero attached hydrogens (tertiary/aromatic N) is 5. The number of ether oxygens (including phenoxy) is 1. The molecule has 2 aromatic rings. The minimum Gasteiger partial charge on any atom is -0.491 e. The quantitative estimate of drug-likeness (QED) is 0.555. The van der Waals surface area contributed by atoms with E-state index in [0.717, 1.165) is 67.8 Å². The number of amidine groups is 1. The molecule has 0 amide bonds. The maximum atomic E-state index is 6.09. The highest BCUT2D eigenvalue weighted by atomic mass is 16.5. The molecule has 4 rings (SSSR count). The van der Waals surface area contributed by atoms with E-state index in [9.17, 15) is 0 Å². The van der Waals surface area contributed by atoms with E-state index in [1.54, 1.807) is 6.20 Å². The van der Waals surface area contributed by atoms with Gasteiger partial charge in [0.15, 0.2) is 5.84 Å². The number of nitrogens with one attached hydrogen (secondary N) is 1. The van der Waals surface area contributed by atoms with Crippen molar-refractivity contribution in [3.05, 3.63) is 48.4 Å². The lowest BCUT2D eigenvalue weighted by atomic mass is 9.98. The van der Waals surface area contributed by atoms with E-state index < -0.39 is 0 Å². The Hall–Kier alpha value is -2.64. The topological polar surface area (TPSA) is 57.9 Å². The number of fused-ring (bicyclic) bond motifs is 3. The predicted molar refractivity (Wildman–Crippen MR) is 130 cm³/mol. The molecule has 1 aromatic carbocycles. The van der Waals surface area contributed by atoms with Crippen molar-refractivity contribution < 1.29 is 4.74 Å². The molecule has 2 aliphatic heterocycles. The number of rotatable bonds is 6. The van der Waals surface area contributed by atoms with Gasteiger partial charge in [-0.3, -0.25) is 9.89 Å². The molecular weight excluding hydrogens is 400 g/mol. The molecule has 3 heterocycles. The second kappa shape index (κ2) is 9.88. The van der Waals surface area contributed by atoms with Crippen molar-refractivity contribution in [2.24, 2.45) is 4.99 Å². The summed E-state index contributed by atoms with van der Waals surface area (Å²) in [5.41, 5.74) is 3.22. The summed E-state index contributed by atoms with van der Waals surface area (Å²) >= 11 is 0. The van der Waals surface area contributed by atoms with Crippen LogP contribution in [0, 0.1) is 0 Å². The van der Waals surface area contributed by atoms with Crippen LogP contribution in [-0.4, -0.2) is 71.1 Å². The van der Waals surface area contributed by atoms with Crippen LogP contribution in [-0.2, 0) is 6.54 Å². The molecule has 1 N–H and O–H groups in total. The predicted octanol–water partition coefficient (Wildman–Crippen LogP) is 3.53. The van der Waals surface area contributed by atoms with E-state index in [2.05, 4.69) is 78.5 Å². The Labute approximate surface area is 191 Å². The fourth-order valence-electron chi connectivity index (χ4n) is 4.60. The summed E-state index contributed by atoms with van der Waals surface area (Å²) in [6, 6.07) is 7.21. The van der Waals surface area contributed by atoms with Gasteiger partial charge in [0.1, 0.15) is 23.9 Å². The van der Waals surface area contributed by atoms with Crippen LogP contribution in [0.15, 0.2) is 42.2 Å². The van der Waals surface area contributed by atoms with Crippen molar-refractivity contribution in [2.75, 3.05) is 39.8 Å². The van der Waals surface area contributed by atoms with Gasteiger partial charge in [-0.15, -0.1) is 0 Å². The van der Waals surface area contributed by atoms with Crippen LogP contribution >= 0.6 is 0 Å². The molecule has 1 aromatic heterocycles. The highest BCUT2D eigenvalue weighted by molar-refractivity contribution is 5.98. The Morgan fingerprint density at radius 3 is 2.72 bits per heavy atom. The zero-order valence-electron chi connectivity index (χ0n) is 19.8. The summed E-state index contributed by atoms with van der Waals surface area (Å²) in [6.45, 7) is 16.0. The van der Waals surface area contributed by atoms with Crippen LogP contribution in [0.4, 0.5) is 0 Å². The average Bonchev–Trinajstić information content (AvgIpc) is 3.12. The molecule has 172 valence electrons. The first-order valence-corrected chi connectivity index (χ1v) is 11.7. The van der Waals surface area contributed by atoms with Crippen molar-refractivity contribution in [2.45, 2.75) is 45.8 Å². The van der Waals surface area contributed by atoms with Gasteiger partial charge in [0.05, 0.1) is 12.1 Å². The molecule has 0 bridgehead atoms. The normalized spacial score (nSPS) is 18.5. The van der Waals surface area contributed by atoms with E-state index >= 15 is 0 Å². The SMILES string of the molecule is C=CNC(=NC(C)C)c1cn2c(n1)-c1cc(C(CC)N3CCN(C)CC3)ccc1OCC2. The Balaban J connectivity index is 1.71. The molecule has 7 heteroatoms. The number of imidazole rings is 1. The van der Waals surface area contributed by atoms with Crippen LogP contribution in [0.25, 0.3) is 11.4 Å². The maximum absolute atomic E-state index is 6.09. The van der Waals surface area contributed by atoms with Crippen molar-refractivity contribution in [1.29, 1.82) is 0 Å². The molecule has 1 atom stereocenters. The summed E-state index contributed by atoms with van der Waals surface area (Å²) in [5, 5.41) is 3.16. The third-order valence-corrected chi connectivity index (χ3v) is 6.23. The Morgan fingerprint density at radius 1 is 1.25 bits per heavy atom. The number of hydrogen-bond acceptors (Lipinski definition) is 5. The molecule has 2 aliphatic rings. The summed E-state index contributed by atoms with van der Waals surface area (Å²) < 4.78 is 8.27. The largest absolute Gasteiger partial charge is 0.491 e. The van der Waals surface area contributed by atoms with E-state index in [-0.39, 0.29) is 6.04 Å². The molecule has 0 spiro atoms. The Bertz CT molecular complexity index is 971. The van der Waals surface area contributed by atoms with Crippen LogP contribution in [0.5, 0.6) is 5.75 Å². The van der Waals surface area contributed by atoms with Gasteiger partial charge in [-0.25, -0.2) is 4.98 Å². The molecular formula is C25H36N6O. The van der Waals surface area contributed by atoms with Crippen molar-refractivity contribution >= 4 is 5.84 Å². The fourth-order valence-corrected chi connectivity index (χ4v) is 4.60. The second-order valence-electron chi connectivity index (χ2n) is 8.93. The van der Waals surface area contributed by atoms with Crippen LogP contribution in [0.3, 0.4) is 0 Å². The van der Waals surface area contributed by atoms with Crippen molar-refractivity contribution in [1.82, 2.24) is 24.7 Å². The van der Waals surface area contributed by atoms with Crippen molar-refractivity contribution in [3.8, 4) is 17.1 Å². The number of benzene rings is 1. The van der Waals surface area contributed by atoms with Gasteiger partial charge in [0.2, 0.25) is 0 Å². The number of likely N-dealkylation sites (N-methyl/N-ethyl adjacent to an activating group) is 1. The lowest BCUT2D eigenvalue weighted by Gasteiger charge is -2.38. The number of hydrogen-bond donors (Lipinski definition) is 1. The van der Waals surface area contributed by atoms with E-state index in [0.29, 0.717) is 12.6 Å². The number of aliphatic imine (C=N–C) groups is 1. The molecule has 32 heavy (non-hydrogen) atoms. The van der Waals surface area contributed by atoms with Gasteiger partial charge in [0, 0.05) is 44.5 Å². The summed E-state index contributed by atoms with van der Waals surface area (Å²) in [5.74, 6) is 2.58. The minimum atomic E-state index is 0.162. The van der Waals surface area contributed by atoms with E-state index in [4.69, 9.17) is 14.7 Å². The van der Waals surface area contributed by atoms with Gasteiger partial charge in [-0.1, -0.05) is 19.6 Å². The van der Waals surface area contributed by atoms with Gasteiger partial charge >= 0.3 is 0 Å². The second-order valence-corrected chi connectivity index (χ2v) is 8.93. The standard InChI is InChI=1S/C25H36N6O/c1-6-22(30-12-10-29(5)11-13-30)19-8-9-23-20(16-19)25-28-21(17-31(25)14-15-32-23)24(26-7-2)27-18(3)4/h7-9,16-18,22H,2,6,10-15H2,1,3-5H3,(H,26,27). The van der Waals surface area contributed by atoms with Crippen molar-refractivity contribution in [3.63, 3.8) is 0 Å². The number of aromatic nitrogens is 2. The third-order valence-electron chi connectivity index (χ3n) is 6.23. The summed E-state index contributed by atoms with van der Waals surface area (Å²) in [4.78, 5) is 14.7. The lowest BCUT2D eigenvalue weighted by Crippen LogP contribution is -2.45. The average molecular weight is 437 g/mol. The molecule has 1 fully saturated rings. The lowest BCUT2D eigenvalue weighted by molar-refractivity contribution is 0.109. The first kappa shape index (κ1) is 22.6. The smallest absolute Gasteiger partial charge is 0.153 e. The highest BCUT2D eigenvalue weighted by Gasteiger charge is 2.26. The number of piperazine rings is 1. The zero-order chi connectivity index (χ0) is 22.7.